The van der Waals surface area contributed by atoms with E-state index in [0.29, 0.717) is 18.0 Å². The zero-order valence-corrected chi connectivity index (χ0v) is 13.7. The Morgan fingerprint density at radius 3 is 2.60 bits per heavy atom. The molecule has 2 nitrogen and oxygen atoms in total. The number of piperazine rings is 1. The predicted molar refractivity (Wildman–Crippen MR) is 87.0 cm³/mol. The Labute approximate surface area is 124 Å². The van der Waals surface area contributed by atoms with Gasteiger partial charge in [-0.1, -0.05) is 39.0 Å². The molecule has 0 spiro atoms. The number of nitrogens with zero attached hydrogens (tertiary/aromatic N) is 1. The van der Waals surface area contributed by atoms with Crippen LogP contribution in [-0.4, -0.2) is 30.1 Å². The first-order valence-corrected chi connectivity index (χ1v) is 8.04. The van der Waals surface area contributed by atoms with Crippen LogP contribution in [0.4, 0.5) is 0 Å². The molecule has 1 fully saturated rings. The first-order chi connectivity index (χ1) is 9.51. The number of hydrogen-bond acceptors (Lipinski definition) is 2. The molecule has 112 valence electrons. The molecule has 1 heterocycles. The molecule has 0 aliphatic carbocycles. The van der Waals surface area contributed by atoms with E-state index >= 15 is 0 Å². The maximum Gasteiger partial charge on any atom is 0.0247 e. The normalized spacial score (nSPS) is 24.3. The van der Waals surface area contributed by atoms with Crippen molar-refractivity contribution in [3.63, 3.8) is 0 Å². The molecule has 2 atom stereocenters. The van der Waals surface area contributed by atoms with E-state index in [9.17, 15) is 0 Å². The van der Waals surface area contributed by atoms with Gasteiger partial charge in [0, 0.05) is 31.7 Å². The number of benzene rings is 1. The van der Waals surface area contributed by atoms with E-state index in [-0.39, 0.29) is 0 Å². The minimum absolute atomic E-state index is 0.650. The first kappa shape index (κ1) is 15.5. The van der Waals surface area contributed by atoms with E-state index in [1.165, 1.54) is 29.7 Å². The van der Waals surface area contributed by atoms with Crippen LogP contribution >= 0.6 is 0 Å². The molecule has 20 heavy (non-hydrogen) atoms. The van der Waals surface area contributed by atoms with Crippen LogP contribution in [-0.2, 0) is 6.54 Å². The first-order valence-electron chi connectivity index (χ1n) is 8.04. The summed E-state index contributed by atoms with van der Waals surface area (Å²) in [6, 6.07) is 8.21. The van der Waals surface area contributed by atoms with Gasteiger partial charge >= 0.3 is 0 Å². The summed E-state index contributed by atoms with van der Waals surface area (Å²) in [5.41, 5.74) is 4.25. The summed E-state index contributed by atoms with van der Waals surface area (Å²) in [6.45, 7) is 14.7. The fraction of sp³-hybridized carbons (Fsp3) is 0.667. The van der Waals surface area contributed by atoms with Gasteiger partial charge in [0.25, 0.3) is 0 Å². The van der Waals surface area contributed by atoms with Gasteiger partial charge in [-0.3, -0.25) is 4.90 Å². The highest BCUT2D eigenvalue weighted by Crippen LogP contribution is 2.20. The van der Waals surface area contributed by atoms with Gasteiger partial charge in [-0.05, 0) is 42.9 Å². The minimum Gasteiger partial charge on any atom is -0.311 e. The van der Waals surface area contributed by atoms with Crippen LogP contribution in [0.3, 0.4) is 0 Å². The molecular formula is C18H30N2. The summed E-state index contributed by atoms with van der Waals surface area (Å²) in [5.74, 6) is 0.701. The van der Waals surface area contributed by atoms with Gasteiger partial charge < -0.3 is 5.32 Å². The van der Waals surface area contributed by atoms with Crippen molar-refractivity contribution in [1.82, 2.24) is 10.2 Å². The van der Waals surface area contributed by atoms with Crippen LogP contribution in [0.5, 0.6) is 0 Å². The van der Waals surface area contributed by atoms with Crippen LogP contribution in [0.25, 0.3) is 0 Å². The molecule has 0 aromatic heterocycles. The SMILES string of the molecule is CCC1CN(Cc2ccc(C)c(C)c2)C(C(C)C)CN1. The molecule has 0 saturated carbocycles. The Balaban J connectivity index is 2.11. The summed E-state index contributed by atoms with van der Waals surface area (Å²) in [5, 5.41) is 3.69. The molecule has 1 aromatic rings. The van der Waals surface area contributed by atoms with Crippen LogP contribution < -0.4 is 5.32 Å². The van der Waals surface area contributed by atoms with E-state index in [0.717, 1.165) is 13.1 Å². The van der Waals surface area contributed by atoms with Crippen LogP contribution in [0.15, 0.2) is 18.2 Å². The molecule has 0 bridgehead atoms. The van der Waals surface area contributed by atoms with E-state index in [2.05, 4.69) is 63.0 Å². The second-order valence-corrected chi connectivity index (χ2v) is 6.67. The molecule has 2 heteroatoms. The monoisotopic (exact) mass is 274 g/mol. The van der Waals surface area contributed by atoms with Gasteiger partial charge in [-0.2, -0.15) is 0 Å². The van der Waals surface area contributed by atoms with Crippen molar-refractivity contribution in [2.45, 2.75) is 59.7 Å². The van der Waals surface area contributed by atoms with Crippen molar-refractivity contribution in [1.29, 1.82) is 0 Å². The van der Waals surface area contributed by atoms with Gasteiger partial charge in [0.05, 0.1) is 0 Å². The lowest BCUT2D eigenvalue weighted by Crippen LogP contribution is -2.57. The number of rotatable bonds is 4. The molecule has 0 radical (unpaired) electrons. The second-order valence-electron chi connectivity index (χ2n) is 6.67. The quantitative estimate of drug-likeness (QED) is 0.904. The van der Waals surface area contributed by atoms with Gasteiger partial charge in [0.15, 0.2) is 0 Å². The van der Waals surface area contributed by atoms with Crippen molar-refractivity contribution in [3.05, 3.63) is 34.9 Å². The number of nitrogens with one attached hydrogen (secondary N) is 1. The lowest BCUT2D eigenvalue weighted by molar-refractivity contribution is 0.0900. The third-order valence-corrected chi connectivity index (χ3v) is 4.76. The summed E-state index contributed by atoms with van der Waals surface area (Å²) < 4.78 is 0. The number of aryl methyl sites for hydroxylation is 2. The van der Waals surface area contributed by atoms with Crippen molar-refractivity contribution >= 4 is 0 Å². The third kappa shape index (κ3) is 3.62. The summed E-state index contributed by atoms with van der Waals surface area (Å²) >= 11 is 0. The lowest BCUT2D eigenvalue weighted by atomic mass is 9.96. The fourth-order valence-corrected chi connectivity index (χ4v) is 3.15. The van der Waals surface area contributed by atoms with E-state index < -0.39 is 0 Å². The summed E-state index contributed by atoms with van der Waals surface area (Å²) in [4.78, 5) is 2.68. The maximum absolute atomic E-state index is 3.69. The highest BCUT2D eigenvalue weighted by atomic mass is 15.2. The lowest BCUT2D eigenvalue weighted by Gasteiger charge is -2.42. The predicted octanol–water partition coefficient (Wildman–Crippen LogP) is 3.51. The van der Waals surface area contributed by atoms with E-state index in [1.54, 1.807) is 0 Å². The standard InChI is InChI=1S/C18H30N2/c1-6-17-12-20(18(10-19-17)13(2)3)11-16-8-7-14(4)15(5)9-16/h7-9,13,17-19H,6,10-12H2,1-5H3. The zero-order valence-electron chi connectivity index (χ0n) is 13.7. The average Bonchev–Trinajstić information content (AvgIpc) is 2.42. The molecule has 1 aromatic carbocycles. The van der Waals surface area contributed by atoms with Crippen molar-refractivity contribution < 1.29 is 0 Å². The summed E-state index contributed by atoms with van der Waals surface area (Å²) in [6.07, 6.45) is 1.22. The molecule has 1 saturated heterocycles. The van der Waals surface area contributed by atoms with Gasteiger partial charge in [0.2, 0.25) is 0 Å². The molecule has 0 amide bonds. The van der Waals surface area contributed by atoms with E-state index in [1.807, 2.05) is 0 Å². The summed E-state index contributed by atoms with van der Waals surface area (Å²) in [7, 11) is 0. The Morgan fingerprint density at radius 1 is 1.25 bits per heavy atom. The molecule has 1 N–H and O–H groups in total. The van der Waals surface area contributed by atoms with Crippen molar-refractivity contribution in [2.75, 3.05) is 13.1 Å². The van der Waals surface area contributed by atoms with Crippen LogP contribution in [0, 0.1) is 19.8 Å². The van der Waals surface area contributed by atoms with Gasteiger partial charge in [0.1, 0.15) is 0 Å². The van der Waals surface area contributed by atoms with E-state index in [4.69, 9.17) is 0 Å². The Kier molecular flexibility index (Phi) is 5.22. The highest BCUT2D eigenvalue weighted by molar-refractivity contribution is 5.30. The maximum atomic E-state index is 3.69. The average molecular weight is 274 g/mol. The third-order valence-electron chi connectivity index (χ3n) is 4.76. The molecule has 1 aliphatic heterocycles. The Morgan fingerprint density at radius 2 is 2.00 bits per heavy atom. The van der Waals surface area contributed by atoms with Gasteiger partial charge in [-0.25, -0.2) is 0 Å². The van der Waals surface area contributed by atoms with Crippen molar-refractivity contribution in [2.24, 2.45) is 5.92 Å². The largest absolute Gasteiger partial charge is 0.311 e. The molecule has 2 unspecified atom stereocenters. The smallest absolute Gasteiger partial charge is 0.0247 e. The number of hydrogen-bond donors (Lipinski definition) is 1. The molecule has 1 aliphatic rings. The Bertz CT molecular complexity index is 439. The van der Waals surface area contributed by atoms with Crippen LogP contribution in [0.1, 0.15) is 43.9 Å². The van der Waals surface area contributed by atoms with Crippen molar-refractivity contribution in [3.8, 4) is 0 Å². The fourth-order valence-electron chi connectivity index (χ4n) is 3.15. The second kappa shape index (κ2) is 6.73. The topological polar surface area (TPSA) is 15.3 Å². The van der Waals surface area contributed by atoms with Crippen LogP contribution in [0.2, 0.25) is 0 Å². The minimum atomic E-state index is 0.650. The highest BCUT2D eigenvalue weighted by Gasteiger charge is 2.28. The van der Waals surface area contributed by atoms with Gasteiger partial charge in [-0.15, -0.1) is 0 Å². The Hall–Kier alpha value is -0.860. The molecular weight excluding hydrogens is 244 g/mol. The molecule has 2 rings (SSSR count). The zero-order chi connectivity index (χ0) is 14.7.